The highest BCUT2D eigenvalue weighted by Crippen LogP contribution is 2.12. The van der Waals surface area contributed by atoms with E-state index in [4.69, 9.17) is 5.84 Å². The lowest BCUT2D eigenvalue weighted by atomic mass is 10.3. The number of imidazole rings is 1. The van der Waals surface area contributed by atoms with Gasteiger partial charge >= 0.3 is 0 Å². The first-order valence-electron chi connectivity index (χ1n) is 6.23. The summed E-state index contributed by atoms with van der Waals surface area (Å²) in [6.45, 7) is 2.12. The molecule has 0 radical (unpaired) electrons. The van der Waals surface area contributed by atoms with E-state index in [-0.39, 0.29) is 0 Å². The minimum Gasteiger partial charge on any atom is -0.350 e. The van der Waals surface area contributed by atoms with Gasteiger partial charge in [0.15, 0.2) is 0 Å². The number of nitrogens with two attached hydrogens (primary N) is 1. The second-order valence-corrected chi connectivity index (χ2v) is 5.01. The van der Waals surface area contributed by atoms with Gasteiger partial charge < -0.3 is 5.32 Å². The van der Waals surface area contributed by atoms with Gasteiger partial charge in [-0.3, -0.25) is 9.99 Å². The highest BCUT2D eigenvalue weighted by Gasteiger charge is 2.11. The average molecular weight is 294 g/mol. The number of rotatable bonds is 7. The van der Waals surface area contributed by atoms with Crippen molar-refractivity contribution in [3.05, 3.63) is 18.7 Å². The Morgan fingerprint density at radius 2 is 2.15 bits per heavy atom. The number of hydrazine groups is 1. The summed E-state index contributed by atoms with van der Waals surface area (Å²) in [5.41, 5.74) is 2.45. The minimum atomic E-state index is 0.300. The van der Waals surface area contributed by atoms with Crippen molar-refractivity contribution >= 4 is 23.7 Å². The van der Waals surface area contributed by atoms with Gasteiger partial charge in [-0.05, 0) is 12.7 Å². The lowest BCUT2D eigenvalue weighted by Crippen LogP contribution is -2.24. The molecule has 0 bridgehead atoms. The molecule has 2 aromatic rings. The molecule has 1 atom stereocenters. The third-order valence-electron chi connectivity index (χ3n) is 2.68. The quantitative estimate of drug-likeness (QED) is 0.511. The van der Waals surface area contributed by atoms with E-state index >= 15 is 0 Å². The molecule has 0 spiro atoms. The van der Waals surface area contributed by atoms with E-state index in [1.54, 1.807) is 35.0 Å². The zero-order valence-electron chi connectivity index (χ0n) is 11.4. The molecular weight excluding hydrogens is 276 g/mol. The molecule has 2 aromatic heterocycles. The Labute approximate surface area is 121 Å². The molecule has 9 heteroatoms. The summed E-state index contributed by atoms with van der Waals surface area (Å²) < 4.78 is 1.70. The van der Waals surface area contributed by atoms with Crippen molar-refractivity contribution in [3.63, 3.8) is 0 Å². The number of hydrogen-bond acceptors (Lipinski definition) is 8. The molecule has 0 aliphatic heterocycles. The molecule has 1 unspecified atom stereocenters. The van der Waals surface area contributed by atoms with Gasteiger partial charge in [-0.2, -0.15) is 26.7 Å². The average Bonchev–Trinajstić information content (AvgIpc) is 3.00. The van der Waals surface area contributed by atoms with Gasteiger partial charge in [0.25, 0.3) is 0 Å². The zero-order valence-corrected chi connectivity index (χ0v) is 12.3. The molecule has 0 aliphatic rings. The summed E-state index contributed by atoms with van der Waals surface area (Å²) in [6.07, 6.45) is 8.10. The van der Waals surface area contributed by atoms with Crippen LogP contribution in [0.1, 0.15) is 13.3 Å². The Morgan fingerprint density at radius 1 is 1.35 bits per heavy atom. The van der Waals surface area contributed by atoms with Crippen molar-refractivity contribution in [2.75, 3.05) is 22.8 Å². The molecule has 0 aliphatic carbocycles. The number of nitrogen functional groups attached to an aromatic ring is 1. The fraction of sp³-hybridized carbons (Fsp3) is 0.455. The highest BCUT2D eigenvalue weighted by atomic mass is 32.2. The van der Waals surface area contributed by atoms with E-state index in [1.807, 2.05) is 0 Å². The van der Waals surface area contributed by atoms with Gasteiger partial charge in [0.05, 0.1) is 0 Å². The largest absolute Gasteiger partial charge is 0.350 e. The van der Waals surface area contributed by atoms with E-state index in [0.717, 1.165) is 12.2 Å². The molecule has 4 N–H and O–H groups in total. The van der Waals surface area contributed by atoms with Crippen molar-refractivity contribution in [3.8, 4) is 5.95 Å². The first-order valence-corrected chi connectivity index (χ1v) is 7.62. The Hall–Kier alpha value is -1.87. The zero-order chi connectivity index (χ0) is 14.4. The van der Waals surface area contributed by atoms with Crippen LogP contribution in [-0.4, -0.2) is 42.6 Å². The topological polar surface area (TPSA) is 107 Å². The number of aromatic nitrogens is 5. The summed E-state index contributed by atoms with van der Waals surface area (Å²) in [5, 5.41) is 3.29. The van der Waals surface area contributed by atoms with E-state index in [9.17, 15) is 0 Å². The van der Waals surface area contributed by atoms with Crippen molar-refractivity contribution < 1.29 is 0 Å². The monoisotopic (exact) mass is 294 g/mol. The Morgan fingerprint density at radius 3 is 2.75 bits per heavy atom. The van der Waals surface area contributed by atoms with Crippen LogP contribution < -0.4 is 16.6 Å². The van der Waals surface area contributed by atoms with Crippen molar-refractivity contribution in [2.45, 2.75) is 19.4 Å². The van der Waals surface area contributed by atoms with Crippen molar-refractivity contribution in [2.24, 2.45) is 5.84 Å². The SMILES string of the molecule is CCC(CSC)Nc1nc(NN)nc(-n2ccnc2)n1. The van der Waals surface area contributed by atoms with E-state index in [1.165, 1.54) is 0 Å². The maximum absolute atomic E-state index is 5.40. The summed E-state index contributed by atoms with van der Waals surface area (Å²) in [5.74, 6) is 7.66. The van der Waals surface area contributed by atoms with Crippen LogP contribution in [0.5, 0.6) is 0 Å². The van der Waals surface area contributed by atoms with Gasteiger partial charge in [0.2, 0.25) is 17.8 Å². The normalized spacial score (nSPS) is 12.2. The number of nitrogens with zero attached hydrogens (tertiary/aromatic N) is 5. The lowest BCUT2D eigenvalue weighted by Gasteiger charge is -2.16. The molecule has 0 aromatic carbocycles. The number of thioether (sulfide) groups is 1. The summed E-state index contributed by atoms with van der Waals surface area (Å²) in [4.78, 5) is 16.8. The van der Waals surface area contributed by atoms with Gasteiger partial charge in [-0.1, -0.05) is 6.92 Å². The highest BCUT2D eigenvalue weighted by molar-refractivity contribution is 7.98. The number of nitrogens with one attached hydrogen (secondary N) is 2. The van der Waals surface area contributed by atoms with Gasteiger partial charge in [0.1, 0.15) is 6.33 Å². The first-order chi connectivity index (χ1) is 9.76. The fourth-order valence-electron chi connectivity index (χ4n) is 1.63. The number of hydrogen-bond donors (Lipinski definition) is 3. The third-order valence-corrected chi connectivity index (χ3v) is 3.42. The number of anilines is 2. The van der Waals surface area contributed by atoms with Crippen LogP contribution in [0, 0.1) is 0 Å². The second-order valence-electron chi connectivity index (χ2n) is 4.10. The minimum absolute atomic E-state index is 0.300. The lowest BCUT2D eigenvalue weighted by molar-refractivity contribution is 0.757. The summed E-state index contributed by atoms with van der Waals surface area (Å²) >= 11 is 1.78. The second kappa shape index (κ2) is 7.06. The maximum atomic E-state index is 5.40. The summed E-state index contributed by atoms with van der Waals surface area (Å²) in [7, 11) is 0. The van der Waals surface area contributed by atoms with E-state index in [0.29, 0.717) is 23.9 Å². The van der Waals surface area contributed by atoms with E-state index < -0.39 is 0 Å². The van der Waals surface area contributed by atoms with Gasteiger partial charge in [0, 0.05) is 24.2 Å². The molecular formula is C11H18N8S. The van der Waals surface area contributed by atoms with Crippen LogP contribution in [0.2, 0.25) is 0 Å². The molecule has 20 heavy (non-hydrogen) atoms. The van der Waals surface area contributed by atoms with Gasteiger partial charge in [-0.15, -0.1) is 0 Å². The van der Waals surface area contributed by atoms with Crippen molar-refractivity contribution in [1.82, 2.24) is 24.5 Å². The molecule has 0 saturated heterocycles. The molecule has 0 amide bonds. The summed E-state index contributed by atoms with van der Waals surface area (Å²) in [6, 6.07) is 0.300. The first kappa shape index (κ1) is 14.5. The molecule has 8 nitrogen and oxygen atoms in total. The van der Waals surface area contributed by atoms with Crippen LogP contribution >= 0.6 is 11.8 Å². The van der Waals surface area contributed by atoms with Crippen LogP contribution in [-0.2, 0) is 0 Å². The molecule has 108 valence electrons. The van der Waals surface area contributed by atoms with Crippen LogP contribution in [0.25, 0.3) is 5.95 Å². The fourth-order valence-corrected chi connectivity index (χ4v) is 2.35. The van der Waals surface area contributed by atoms with Crippen LogP contribution in [0.4, 0.5) is 11.9 Å². The molecule has 2 rings (SSSR count). The van der Waals surface area contributed by atoms with Crippen LogP contribution in [0.15, 0.2) is 18.7 Å². The Balaban J connectivity index is 2.26. The Kier molecular flexibility index (Phi) is 5.13. The molecule has 0 fully saturated rings. The van der Waals surface area contributed by atoms with E-state index in [2.05, 4.69) is 43.9 Å². The third kappa shape index (κ3) is 3.58. The predicted octanol–water partition coefficient (Wildman–Crippen LogP) is 0.896. The smallest absolute Gasteiger partial charge is 0.243 e. The van der Waals surface area contributed by atoms with Crippen LogP contribution in [0.3, 0.4) is 0 Å². The molecule has 2 heterocycles. The standard InChI is InChI=1S/C11H18N8S/c1-3-8(6-20-2)14-9-15-10(18-12)17-11(16-9)19-5-4-13-7-19/h4-5,7-8H,3,6,12H2,1-2H3,(H2,14,15,16,17,18). The molecule has 0 saturated carbocycles. The maximum Gasteiger partial charge on any atom is 0.243 e. The predicted molar refractivity (Wildman–Crippen MR) is 80.8 cm³/mol. The van der Waals surface area contributed by atoms with Gasteiger partial charge in [-0.25, -0.2) is 10.8 Å². The Bertz CT molecular complexity index is 529. The van der Waals surface area contributed by atoms with Crippen molar-refractivity contribution in [1.29, 1.82) is 0 Å².